The van der Waals surface area contributed by atoms with Crippen LogP contribution in [0.25, 0.3) is 0 Å². The zero-order chi connectivity index (χ0) is 12.3. The molecule has 0 bridgehead atoms. The molecule has 0 aromatic heterocycles. The summed E-state index contributed by atoms with van der Waals surface area (Å²) < 4.78 is 5.46. The van der Waals surface area contributed by atoms with Gasteiger partial charge in [-0.15, -0.1) is 12.4 Å². The fourth-order valence-electron chi connectivity index (χ4n) is 2.84. The average molecular weight is 270 g/mol. The lowest BCUT2D eigenvalue weighted by atomic mass is 9.80. The van der Waals surface area contributed by atoms with Crippen molar-refractivity contribution in [3.8, 4) is 5.75 Å². The Labute approximate surface area is 117 Å². The van der Waals surface area contributed by atoms with Gasteiger partial charge in [-0.2, -0.15) is 0 Å². The van der Waals surface area contributed by atoms with Gasteiger partial charge in [-0.1, -0.05) is 26.0 Å². The standard InChI is InChI=1S/C15H23NO.ClH/c1-4-10-16-14-9-8-13-12(11(14)2)6-5-7-15(13)17-3;/h5-7,11,14,16H,4,8-10H2,1-3H3;1H/t11-,14+;/m0./s1. The molecule has 0 heterocycles. The van der Waals surface area contributed by atoms with Crippen molar-refractivity contribution in [1.29, 1.82) is 0 Å². The summed E-state index contributed by atoms with van der Waals surface area (Å²) in [7, 11) is 1.77. The number of methoxy groups -OCH3 is 1. The fourth-order valence-corrected chi connectivity index (χ4v) is 2.84. The van der Waals surface area contributed by atoms with E-state index >= 15 is 0 Å². The van der Waals surface area contributed by atoms with Gasteiger partial charge in [-0.25, -0.2) is 0 Å². The zero-order valence-corrected chi connectivity index (χ0v) is 12.3. The highest BCUT2D eigenvalue weighted by molar-refractivity contribution is 5.85. The molecule has 1 N–H and O–H groups in total. The first kappa shape index (κ1) is 15.3. The summed E-state index contributed by atoms with van der Waals surface area (Å²) >= 11 is 0. The molecule has 102 valence electrons. The number of hydrogen-bond donors (Lipinski definition) is 1. The van der Waals surface area contributed by atoms with Gasteiger partial charge in [0.05, 0.1) is 7.11 Å². The van der Waals surface area contributed by atoms with Gasteiger partial charge in [0.2, 0.25) is 0 Å². The molecular weight excluding hydrogens is 246 g/mol. The van der Waals surface area contributed by atoms with E-state index in [1.165, 1.54) is 24.0 Å². The Kier molecular flexibility index (Phi) is 5.97. The van der Waals surface area contributed by atoms with E-state index in [0.717, 1.165) is 18.7 Å². The molecule has 18 heavy (non-hydrogen) atoms. The summed E-state index contributed by atoms with van der Waals surface area (Å²) in [5.41, 5.74) is 2.88. The van der Waals surface area contributed by atoms with Gasteiger partial charge in [0.1, 0.15) is 5.75 Å². The average Bonchev–Trinajstić information content (AvgIpc) is 2.37. The number of nitrogens with one attached hydrogen (secondary N) is 1. The second-order valence-corrected chi connectivity index (χ2v) is 4.92. The second kappa shape index (κ2) is 7.01. The van der Waals surface area contributed by atoms with Crippen molar-refractivity contribution < 1.29 is 4.74 Å². The van der Waals surface area contributed by atoms with Crippen molar-refractivity contribution >= 4 is 12.4 Å². The van der Waals surface area contributed by atoms with Crippen molar-refractivity contribution in [2.24, 2.45) is 0 Å². The van der Waals surface area contributed by atoms with E-state index in [1.54, 1.807) is 7.11 Å². The predicted octanol–water partition coefficient (Wildman–Crippen LogP) is 3.53. The number of ether oxygens (including phenoxy) is 1. The molecule has 0 amide bonds. The van der Waals surface area contributed by atoms with Crippen molar-refractivity contribution in [2.45, 2.75) is 45.1 Å². The summed E-state index contributed by atoms with van der Waals surface area (Å²) in [4.78, 5) is 0. The van der Waals surface area contributed by atoms with Crippen LogP contribution < -0.4 is 10.1 Å². The van der Waals surface area contributed by atoms with E-state index in [9.17, 15) is 0 Å². The molecule has 1 aliphatic carbocycles. The van der Waals surface area contributed by atoms with E-state index in [0.29, 0.717) is 12.0 Å². The maximum atomic E-state index is 5.46. The molecule has 0 fully saturated rings. The number of halogens is 1. The third-order valence-corrected chi connectivity index (χ3v) is 3.85. The number of benzene rings is 1. The van der Waals surface area contributed by atoms with Crippen LogP contribution in [0.4, 0.5) is 0 Å². The van der Waals surface area contributed by atoms with E-state index < -0.39 is 0 Å². The minimum absolute atomic E-state index is 0. The van der Waals surface area contributed by atoms with Crippen LogP contribution in [-0.4, -0.2) is 19.7 Å². The molecular formula is C15H24ClNO. The quantitative estimate of drug-likeness (QED) is 0.903. The van der Waals surface area contributed by atoms with Crippen molar-refractivity contribution in [3.63, 3.8) is 0 Å². The molecule has 3 heteroatoms. The molecule has 0 radical (unpaired) electrons. The van der Waals surface area contributed by atoms with Gasteiger partial charge in [0, 0.05) is 6.04 Å². The smallest absolute Gasteiger partial charge is 0.122 e. The molecule has 0 saturated heterocycles. The molecule has 1 aromatic carbocycles. The van der Waals surface area contributed by atoms with Gasteiger partial charge < -0.3 is 10.1 Å². The van der Waals surface area contributed by atoms with Crippen LogP contribution in [0, 0.1) is 0 Å². The van der Waals surface area contributed by atoms with Gasteiger partial charge in [-0.3, -0.25) is 0 Å². The van der Waals surface area contributed by atoms with Crippen LogP contribution in [0.5, 0.6) is 5.75 Å². The third kappa shape index (κ3) is 2.99. The van der Waals surface area contributed by atoms with Crippen molar-refractivity contribution in [1.82, 2.24) is 5.32 Å². The Morgan fingerprint density at radius 1 is 1.39 bits per heavy atom. The predicted molar refractivity (Wildman–Crippen MR) is 79.1 cm³/mol. The van der Waals surface area contributed by atoms with E-state index in [-0.39, 0.29) is 12.4 Å². The molecule has 0 saturated carbocycles. The first-order valence-corrected chi connectivity index (χ1v) is 6.67. The number of fused-ring (bicyclic) bond motifs is 1. The fraction of sp³-hybridized carbons (Fsp3) is 0.600. The van der Waals surface area contributed by atoms with Crippen molar-refractivity contribution in [2.75, 3.05) is 13.7 Å². The molecule has 0 aliphatic heterocycles. The van der Waals surface area contributed by atoms with Crippen molar-refractivity contribution in [3.05, 3.63) is 29.3 Å². The third-order valence-electron chi connectivity index (χ3n) is 3.85. The maximum Gasteiger partial charge on any atom is 0.122 e. The van der Waals surface area contributed by atoms with Gasteiger partial charge in [0.25, 0.3) is 0 Å². The minimum Gasteiger partial charge on any atom is -0.496 e. The monoisotopic (exact) mass is 269 g/mol. The van der Waals surface area contributed by atoms with Crippen LogP contribution in [0.1, 0.15) is 43.7 Å². The largest absolute Gasteiger partial charge is 0.496 e. The Hall–Kier alpha value is -0.730. The summed E-state index contributed by atoms with van der Waals surface area (Å²) in [5.74, 6) is 1.64. The molecule has 2 rings (SSSR count). The van der Waals surface area contributed by atoms with Crippen LogP contribution in [0.2, 0.25) is 0 Å². The van der Waals surface area contributed by atoms with E-state index in [2.05, 4.69) is 37.4 Å². The molecule has 1 aromatic rings. The Bertz CT molecular complexity index is 381. The van der Waals surface area contributed by atoms with Crippen LogP contribution in [0.3, 0.4) is 0 Å². The number of rotatable bonds is 4. The summed E-state index contributed by atoms with van der Waals surface area (Å²) in [6.45, 7) is 5.66. The highest BCUT2D eigenvalue weighted by Gasteiger charge is 2.27. The van der Waals surface area contributed by atoms with E-state index in [4.69, 9.17) is 4.74 Å². The Balaban J connectivity index is 0.00000162. The zero-order valence-electron chi connectivity index (χ0n) is 11.5. The Morgan fingerprint density at radius 2 is 2.17 bits per heavy atom. The van der Waals surface area contributed by atoms with Gasteiger partial charge in [0.15, 0.2) is 0 Å². The molecule has 1 aliphatic rings. The summed E-state index contributed by atoms with van der Waals surface area (Å²) in [6, 6.07) is 7.05. The lowest BCUT2D eigenvalue weighted by Gasteiger charge is -2.32. The number of hydrogen-bond acceptors (Lipinski definition) is 2. The highest BCUT2D eigenvalue weighted by Crippen LogP contribution is 2.36. The molecule has 2 nitrogen and oxygen atoms in total. The molecule has 0 unspecified atom stereocenters. The van der Waals surface area contributed by atoms with Gasteiger partial charge >= 0.3 is 0 Å². The maximum absolute atomic E-state index is 5.46. The first-order chi connectivity index (χ1) is 8.27. The molecule has 0 spiro atoms. The highest BCUT2D eigenvalue weighted by atomic mass is 35.5. The summed E-state index contributed by atoms with van der Waals surface area (Å²) in [5, 5.41) is 3.66. The molecule has 2 atom stereocenters. The lowest BCUT2D eigenvalue weighted by molar-refractivity contribution is 0.378. The van der Waals surface area contributed by atoms with Crippen LogP contribution >= 0.6 is 12.4 Å². The normalized spacial score (nSPS) is 21.9. The SMILES string of the molecule is CCCN[C@@H]1CCc2c(OC)cccc2[C@@H]1C.Cl. The Morgan fingerprint density at radius 3 is 2.83 bits per heavy atom. The topological polar surface area (TPSA) is 21.3 Å². The van der Waals surface area contributed by atoms with E-state index in [1.807, 2.05) is 0 Å². The minimum atomic E-state index is 0. The summed E-state index contributed by atoms with van der Waals surface area (Å²) in [6.07, 6.45) is 3.55. The van der Waals surface area contributed by atoms with Crippen LogP contribution in [0.15, 0.2) is 18.2 Å². The second-order valence-electron chi connectivity index (χ2n) is 4.92. The van der Waals surface area contributed by atoms with Gasteiger partial charge in [-0.05, 0) is 48.9 Å². The first-order valence-electron chi connectivity index (χ1n) is 6.67. The lowest BCUT2D eigenvalue weighted by Crippen LogP contribution is -2.37. The van der Waals surface area contributed by atoms with Crippen LogP contribution in [-0.2, 0) is 6.42 Å².